The number of rotatable bonds is 3. The molecule has 8 heteroatoms. The minimum atomic E-state index is -3.44. The average Bonchev–Trinajstić information content (AvgIpc) is 3.02. The molecule has 112 valence electrons. The fraction of sp³-hybridized carbons (Fsp3) is 0.385. The molecule has 2 aromatic heterocycles. The highest BCUT2D eigenvalue weighted by Crippen LogP contribution is 2.27. The van der Waals surface area contributed by atoms with E-state index < -0.39 is 10.0 Å². The molecule has 21 heavy (non-hydrogen) atoms. The van der Waals surface area contributed by atoms with Crippen molar-refractivity contribution in [2.75, 3.05) is 19.7 Å². The summed E-state index contributed by atoms with van der Waals surface area (Å²) in [4.78, 5) is 8.37. The minimum absolute atomic E-state index is 0.274. The van der Waals surface area contributed by atoms with Crippen molar-refractivity contribution in [1.29, 1.82) is 0 Å². The van der Waals surface area contributed by atoms with Gasteiger partial charge in [-0.1, -0.05) is 6.07 Å². The molecule has 1 aliphatic rings. The number of thiophene rings is 1. The van der Waals surface area contributed by atoms with Gasteiger partial charge < -0.3 is 4.74 Å². The van der Waals surface area contributed by atoms with E-state index in [1.807, 2.05) is 0 Å². The van der Waals surface area contributed by atoms with Crippen LogP contribution in [0.4, 0.5) is 0 Å². The first-order chi connectivity index (χ1) is 10.1. The monoisotopic (exact) mass is 325 g/mol. The van der Waals surface area contributed by atoms with E-state index in [4.69, 9.17) is 4.74 Å². The summed E-state index contributed by atoms with van der Waals surface area (Å²) in [5.74, 6) is 0.648. The minimum Gasteiger partial charge on any atom is -0.369 e. The largest absolute Gasteiger partial charge is 0.369 e. The molecule has 1 saturated heterocycles. The van der Waals surface area contributed by atoms with Gasteiger partial charge in [0.25, 0.3) is 10.0 Å². The summed E-state index contributed by atoms with van der Waals surface area (Å²) in [6, 6.07) is 5.13. The summed E-state index contributed by atoms with van der Waals surface area (Å²) in [7, 11) is -3.44. The summed E-state index contributed by atoms with van der Waals surface area (Å²) in [5, 5.41) is 1.76. The Hall–Kier alpha value is -1.35. The van der Waals surface area contributed by atoms with Crippen LogP contribution >= 0.6 is 11.3 Å². The van der Waals surface area contributed by atoms with Gasteiger partial charge in [0, 0.05) is 19.3 Å². The smallest absolute Gasteiger partial charge is 0.252 e. The quantitative estimate of drug-likeness (QED) is 0.857. The second-order valence-electron chi connectivity index (χ2n) is 4.68. The molecule has 0 unspecified atom stereocenters. The van der Waals surface area contributed by atoms with Gasteiger partial charge in [-0.25, -0.2) is 18.4 Å². The first-order valence-corrected chi connectivity index (χ1v) is 8.84. The van der Waals surface area contributed by atoms with Crippen molar-refractivity contribution in [2.24, 2.45) is 0 Å². The highest BCUT2D eigenvalue weighted by atomic mass is 32.2. The van der Waals surface area contributed by atoms with Crippen LogP contribution in [0.3, 0.4) is 0 Å². The molecule has 1 fully saturated rings. The van der Waals surface area contributed by atoms with Crippen LogP contribution in [0, 0.1) is 6.92 Å². The maximum atomic E-state index is 12.5. The molecular formula is C13H15N3O3S2. The summed E-state index contributed by atoms with van der Waals surface area (Å²) >= 11 is 1.23. The molecule has 0 spiro atoms. The van der Waals surface area contributed by atoms with Crippen LogP contribution in [0.15, 0.2) is 34.0 Å². The standard InChI is InChI=1S/C13H15N3O3S2/c1-10-14-5-4-11(15-10)12-9-16(6-7-19-12)21(17,18)13-3-2-8-20-13/h2-5,8,12H,6-7,9H2,1H3/t12-/m1/s1. The van der Waals surface area contributed by atoms with Gasteiger partial charge in [-0.2, -0.15) is 4.31 Å². The lowest BCUT2D eigenvalue weighted by atomic mass is 10.2. The molecule has 0 amide bonds. The zero-order chi connectivity index (χ0) is 14.9. The summed E-state index contributed by atoms with van der Waals surface area (Å²) < 4.78 is 32.6. The van der Waals surface area contributed by atoms with E-state index in [9.17, 15) is 8.42 Å². The number of morpholine rings is 1. The normalized spacial score (nSPS) is 20.5. The third-order valence-corrected chi connectivity index (χ3v) is 6.48. The summed E-state index contributed by atoms with van der Waals surface area (Å²) in [6.07, 6.45) is 1.31. The molecule has 0 aromatic carbocycles. The number of hydrogen-bond acceptors (Lipinski definition) is 6. The lowest BCUT2D eigenvalue weighted by molar-refractivity contribution is -0.00503. The second kappa shape index (κ2) is 5.80. The third kappa shape index (κ3) is 2.98. The van der Waals surface area contributed by atoms with Gasteiger partial charge >= 0.3 is 0 Å². The molecule has 1 aliphatic heterocycles. The third-order valence-electron chi connectivity index (χ3n) is 3.25. The highest BCUT2D eigenvalue weighted by Gasteiger charge is 2.32. The summed E-state index contributed by atoms with van der Waals surface area (Å²) in [6.45, 7) is 2.79. The molecule has 3 rings (SSSR count). The van der Waals surface area contributed by atoms with E-state index in [1.54, 1.807) is 36.7 Å². The second-order valence-corrected chi connectivity index (χ2v) is 7.80. The van der Waals surface area contributed by atoms with Gasteiger partial charge in [0.2, 0.25) is 0 Å². The molecule has 0 N–H and O–H groups in total. The molecule has 1 atom stereocenters. The maximum absolute atomic E-state index is 12.5. The predicted octanol–water partition coefficient (Wildman–Crippen LogP) is 1.61. The first-order valence-electron chi connectivity index (χ1n) is 6.52. The fourth-order valence-corrected chi connectivity index (χ4v) is 4.78. The molecule has 0 radical (unpaired) electrons. The van der Waals surface area contributed by atoms with Crippen LogP contribution in [0.5, 0.6) is 0 Å². The van der Waals surface area contributed by atoms with Crippen molar-refractivity contribution >= 4 is 21.4 Å². The zero-order valence-corrected chi connectivity index (χ0v) is 13.1. The fourth-order valence-electron chi connectivity index (χ4n) is 2.21. The van der Waals surface area contributed by atoms with Crippen molar-refractivity contribution in [1.82, 2.24) is 14.3 Å². The van der Waals surface area contributed by atoms with Crippen LogP contribution < -0.4 is 0 Å². The number of aryl methyl sites for hydroxylation is 1. The topological polar surface area (TPSA) is 72.4 Å². The first kappa shape index (κ1) is 14.6. The number of aromatic nitrogens is 2. The summed E-state index contributed by atoms with van der Waals surface area (Å²) in [5.41, 5.74) is 0.716. The van der Waals surface area contributed by atoms with E-state index in [-0.39, 0.29) is 12.6 Å². The van der Waals surface area contributed by atoms with Gasteiger partial charge in [0.05, 0.1) is 12.3 Å². The van der Waals surface area contributed by atoms with E-state index in [2.05, 4.69) is 9.97 Å². The average molecular weight is 325 g/mol. The van der Waals surface area contributed by atoms with Crippen LogP contribution in [-0.2, 0) is 14.8 Å². The Bertz CT molecular complexity index is 716. The molecule has 2 aromatic rings. The Morgan fingerprint density at radius 1 is 1.43 bits per heavy atom. The lowest BCUT2D eigenvalue weighted by Gasteiger charge is -2.31. The van der Waals surface area contributed by atoms with Gasteiger partial charge in [-0.05, 0) is 24.4 Å². The molecule has 6 nitrogen and oxygen atoms in total. The van der Waals surface area contributed by atoms with Gasteiger partial charge in [-0.15, -0.1) is 11.3 Å². The number of ether oxygens (including phenoxy) is 1. The number of hydrogen-bond donors (Lipinski definition) is 0. The Morgan fingerprint density at radius 3 is 3.00 bits per heavy atom. The lowest BCUT2D eigenvalue weighted by Crippen LogP contribution is -2.42. The molecule has 3 heterocycles. The number of nitrogens with zero attached hydrogens (tertiary/aromatic N) is 3. The van der Waals surface area contributed by atoms with Crippen LogP contribution in [0.2, 0.25) is 0 Å². The van der Waals surface area contributed by atoms with Crippen LogP contribution in [-0.4, -0.2) is 42.4 Å². The maximum Gasteiger partial charge on any atom is 0.252 e. The Labute approximate surface area is 127 Å². The van der Waals surface area contributed by atoms with Crippen molar-refractivity contribution in [3.63, 3.8) is 0 Å². The molecule has 0 saturated carbocycles. The molecule has 0 aliphatic carbocycles. The molecular weight excluding hydrogens is 310 g/mol. The van der Waals surface area contributed by atoms with Crippen LogP contribution in [0.25, 0.3) is 0 Å². The van der Waals surface area contributed by atoms with Crippen molar-refractivity contribution in [2.45, 2.75) is 17.2 Å². The van der Waals surface area contributed by atoms with E-state index in [0.717, 1.165) is 0 Å². The van der Waals surface area contributed by atoms with E-state index in [1.165, 1.54) is 15.6 Å². The van der Waals surface area contributed by atoms with Gasteiger partial charge in [-0.3, -0.25) is 0 Å². The predicted molar refractivity (Wildman–Crippen MR) is 78.5 cm³/mol. The number of sulfonamides is 1. The van der Waals surface area contributed by atoms with E-state index in [0.29, 0.717) is 28.9 Å². The van der Waals surface area contributed by atoms with Gasteiger partial charge in [0.1, 0.15) is 16.1 Å². The van der Waals surface area contributed by atoms with Crippen molar-refractivity contribution in [3.05, 3.63) is 41.3 Å². The SMILES string of the molecule is Cc1nccc([C@H]2CN(S(=O)(=O)c3cccs3)CCO2)n1. The molecule has 0 bridgehead atoms. The Balaban J connectivity index is 1.83. The van der Waals surface area contributed by atoms with Crippen LogP contribution in [0.1, 0.15) is 17.6 Å². The Morgan fingerprint density at radius 2 is 2.29 bits per heavy atom. The highest BCUT2D eigenvalue weighted by molar-refractivity contribution is 7.91. The zero-order valence-electron chi connectivity index (χ0n) is 11.5. The van der Waals surface area contributed by atoms with Crippen molar-refractivity contribution in [3.8, 4) is 0 Å². The Kier molecular flexibility index (Phi) is 4.03. The van der Waals surface area contributed by atoms with Crippen molar-refractivity contribution < 1.29 is 13.2 Å². The van der Waals surface area contributed by atoms with E-state index >= 15 is 0 Å². The van der Waals surface area contributed by atoms with Gasteiger partial charge in [0.15, 0.2) is 0 Å².